The number of piperidine rings is 1. The van der Waals surface area contributed by atoms with Crippen molar-refractivity contribution < 1.29 is 9.53 Å². The number of hydrogen-bond acceptors (Lipinski definition) is 5. The Labute approximate surface area is 149 Å². The molecule has 2 aliphatic heterocycles. The second-order valence-corrected chi connectivity index (χ2v) is 6.98. The van der Waals surface area contributed by atoms with Gasteiger partial charge in [0.15, 0.2) is 5.82 Å². The number of amides is 2. The highest BCUT2D eigenvalue weighted by atomic mass is 16.5. The van der Waals surface area contributed by atoms with Crippen LogP contribution in [0.25, 0.3) is 0 Å². The van der Waals surface area contributed by atoms with Crippen LogP contribution in [0.3, 0.4) is 0 Å². The summed E-state index contributed by atoms with van der Waals surface area (Å²) in [7, 11) is 1.84. The molecule has 2 fully saturated rings. The highest BCUT2D eigenvalue weighted by Gasteiger charge is 2.39. The van der Waals surface area contributed by atoms with Gasteiger partial charge in [-0.3, -0.25) is 9.58 Å². The third-order valence-electron chi connectivity index (χ3n) is 5.59. The summed E-state index contributed by atoms with van der Waals surface area (Å²) in [5, 5.41) is 7.23. The van der Waals surface area contributed by atoms with Gasteiger partial charge in [0.2, 0.25) is 0 Å². The first-order valence-corrected chi connectivity index (χ1v) is 9.33. The number of nitrogens with one attached hydrogen (secondary N) is 1. The van der Waals surface area contributed by atoms with Crippen molar-refractivity contribution in [3.05, 3.63) is 12.2 Å². The summed E-state index contributed by atoms with van der Waals surface area (Å²) in [6.45, 7) is 8.15. The number of aromatic nitrogens is 3. The Morgan fingerprint density at radius 2 is 2.00 bits per heavy atom. The van der Waals surface area contributed by atoms with E-state index in [2.05, 4.69) is 27.2 Å². The van der Waals surface area contributed by atoms with Crippen molar-refractivity contribution >= 4 is 6.03 Å². The van der Waals surface area contributed by atoms with E-state index in [-0.39, 0.29) is 11.6 Å². The molecule has 0 unspecified atom stereocenters. The molecule has 1 aromatic rings. The molecule has 2 saturated heterocycles. The fourth-order valence-corrected chi connectivity index (χ4v) is 3.95. The SMILES string of the molecule is CCC1(N2CCOCC2)CCN(C(=O)NCCc2ncn(C)n2)CC1. The number of nitrogens with zero attached hydrogens (tertiary/aromatic N) is 5. The number of rotatable bonds is 5. The lowest BCUT2D eigenvalue weighted by Crippen LogP contribution is -2.59. The van der Waals surface area contributed by atoms with Crippen molar-refractivity contribution in [3.63, 3.8) is 0 Å². The van der Waals surface area contributed by atoms with E-state index in [1.165, 1.54) is 0 Å². The summed E-state index contributed by atoms with van der Waals surface area (Å²) in [5.41, 5.74) is 0.235. The van der Waals surface area contributed by atoms with E-state index < -0.39 is 0 Å². The number of carbonyl (C=O) groups is 1. The van der Waals surface area contributed by atoms with Crippen LogP contribution in [-0.4, -0.2) is 82.1 Å². The molecule has 25 heavy (non-hydrogen) atoms. The van der Waals surface area contributed by atoms with Gasteiger partial charge in [0.1, 0.15) is 6.33 Å². The van der Waals surface area contributed by atoms with E-state index in [4.69, 9.17) is 4.74 Å². The minimum Gasteiger partial charge on any atom is -0.379 e. The van der Waals surface area contributed by atoms with Crippen LogP contribution in [0.1, 0.15) is 32.0 Å². The largest absolute Gasteiger partial charge is 0.379 e. The summed E-state index contributed by atoms with van der Waals surface area (Å²) in [5.74, 6) is 0.763. The van der Waals surface area contributed by atoms with Crippen molar-refractivity contribution in [2.75, 3.05) is 45.9 Å². The average molecular weight is 350 g/mol. The van der Waals surface area contributed by atoms with Gasteiger partial charge in [0.05, 0.1) is 13.2 Å². The Morgan fingerprint density at radius 3 is 2.60 bits per heavy atom. The van der Waals surface area contributed by atoms with Gasteiger partial charge >= 0.3 is 6.03 Å². The summed E-state index contributed by atoms with van der Waals surface area (Å²) in [6.07, 6.45) is 5.55. The first-order chi connectivity index (χ1) is 12.1. The fourth-order valence-electron chi connectivity index (χ4n) is 3.95. The standard InChI is InChI=1S/C17H30N6O2/c1-3-17(23-10-12-25-13-11-23)5-8-22(9-6-17)16(24)18-7-4-15-19-14-21(2)20-15/h14H,3-13H2,1-2H3,(H,18,24). The fraction of sp³-hybridized carbons (Fsp3) is 0.824. The van der Waals surface area contributed by atoms with Crippen LogP contribution < -0.4 is 5.32 Å². The van der Waals surface area contributed by atoms with Gasteiger partial charge in [-0.15, -0.1) is 0 Å². The molecule has 0 spiro atoms. The molecule has 0 bridgehead atoms. The molecular weight excluding hydrogens is 320 g/mol. The molecular formula is C17H30N6O2. The zero-order valence-corrected chi connectivity index (χ0v) is 15.4. The topological polar surface area (TPSA) is 75.5 Å². The van der Waals surface area contributed by atoms with Crippen LogP contribution in [0.2, 0.25) is 0 Å². The van der Waals surface area contributed by atoms with Gasteiger partial charge in [0, 0.05) is 51.7 Å². The van der Waals surface area contributed by atoms with E-state index in [0.29, 0.717) is 13.0 Å². The van der Waals surface area contributed by atoms with E-state index in [9.17, 15) is 4.79 Å². The van der Waals surface area contributed by atoms with Crippen molar-refractivity contribution in [1.29, 1.82) is 0 Å². The van der Waals surface area contributed by atoms with Gasteiger partial charge in [-0.1, -0.05) is 6.92 Å². The van der Waals surface area contributed by atoms with Crippen molar-refractivity contribution in [3.8, 4) is 0 Å². The number of hydrogen-bond donors (Lipinski definition) is 1. The predicted octanol–water partition coefficient (Wildman–Crippen LogP) is 0.644. The summed E-state index contributed by atoms with van der Waals surface area (Å²) < 4.78 is 7.17. The van der Waals surface area contributed by atoms with Crippen molar-refractivity contribution in [1.82, 2.24) is 29.9 Å². The lowest BCUT2D eigenvalue weighted by Gasteiger charge is -2.49. The van der Waals surface area contributed by atoms with Gasteiger partial charge < -0.3 is 15.0 Å². The van der Waals surface area contributed by atoms with E-state index in [0.717, 1.165) is 64.5 Å². The number of likely N-dealkylation sites (tertiary alicyclic amines) is 1. The molecule has 1 N–H and O–H groups in total. The first kappa shape index (κ1) is 18.1. The van der Waals surface area contributed by atoms with Crippen LogP contribution in [-0.2, 0) is 18.2 Å². The summed E-state index contributed by atoms with van der Waals surface area (Å²) >= 11 is 0. The van der Waals surface area contributed by atoms with Gasteiger partial charge in [-0.2, -0.15) is 5.10 Å². The number of morpholine rings is 1. The van der Waals surface area contributed by atoms with Crippen LogP contribution in [0.4, 0.5) is 4.79 Å². The zero-order valence-electron chi connectivity index (χ0n) is 15.4. The van der Waals surface area contributed by atoms with Gasteiger partial charge in [-0.25, -0.2) is 9.78 Å². The first-order valence-electron chi connectivity index (χ1n) is 9.33. The van der Waals surface area contributed by atoms with Crippen molar-refractivity contribution in [2.24, 2.45) is 7.05 Å². The molecule has 3 rings (SSSR count). The maximum absolute atomic E-state index is 12.4. The second-order valence-electron chi connectivity index (χ2n) is 6.98. The molecule has 8 nitrogen and oxygen atoms in total. The van der Waals surface area contributed by atoms with Crippen LogP contribution in [0, 0.1) is 0 Å². The van der Waals surface area contributed by atoms with E-state index in [1.807, 2.05) is 11.9 Å². The van der Waals surface area contributed by atoms with E-state index >= 15 is 0 Å². The molecule has 8 heteroatoms. The van der Waals surface area contributed by atoms with Crippen molar-refractivity contribution in [2.45, 2.75) is 38.1 Å². The Balaban J connectivity index is 1.44. The molecule has 2 amide bonds. The minimum absolute atomic E-state index is 0.0302. The highest BCUT2D eigenvalue weighted by Crippen LogP contribution is 2.32. The number of urea groups is 1. The molecule has 0 aliphatic carbocycles. The molecule has 0 radical (unpaired) electrons. The molecule has 0 saturated carbocycles. The normalized spacial score (nSPS) is 21.3. The number of aryl methyl sites for hydroxylation is 1. The predicted molar refractivity (Wildman–Crippen MR) is 94.3 cm³/mol. The quantitative estimate of drug-likeness (QED) is 0.844. The Bertz CT molecular complexity index is 561. The lowest BCUT2D eigenvalue weighted by atomic mass is 9.83. The zero-order chi connectivity index (χ0) is 17.7. The molecule has 0 aromatic carbocycles. The third-order valence-corrected chi connectivity index (χ3v) is 5.59. The Hall–Kier alpha value is -1.67. The molecule has 2 aliphatic rings. The van der Waals surface area contributed by atoms with Gasteiger partial charge in [0.25, 0.3) is 0 Å². The maximum Gasteiger partial charge on any atom is 0.317 e. The number of carbonyl (C=O) groups excluding carboxylic acids is 1. The minimum atomic E-state index is 0.0302. The average Bonchev–Trinajstić information content (AvgIpc) is 3.07. The smallest absolute Gasteiger partial charge is 0.317 e. The monoisotopic (exact) mass is 350 g/mol. The second kappa shape index (κ2) is 8.14. The molecule has 140 valence electrons. The number of ether oxygens (including phenoxy) is 1. The third kappa shape index (κ3) is 4.30. The Kier molecular flexibility index (Phi) is 5.90. The summed E-state index contributed by atoms with van der Waals surface area (Å²) in [4.78, 5) is 21.1. The summed E-state index contributed by atoms with van der Waals surface area (Å²) in [6, 6.07) is 0.0302. The van der Waals surface area contributed by atoms with Crippen LogP contribution in [0.5, 0.6) is 0 Å². The molecule has 0 atom stereocenters. The van der Waals surface area contributed by atoms with Crippen LogP contribution in [0.15, 0.2) is 6.33 Å². The van der Waals surface area contributed by atoms with E-state index in [1.54, 1.807) is 11.0 Å². The lowest BCUT2D eigenvalue weighted by molar-refractivity contribution is -0.0453. The molecule has 3 heterocycles. The van der Waals surface area contributed by atoms with Gasteiger partial charge in [-0.05, 0) is 19.3 Å². The molecule has 1 aromatic heterocycles. The maximum atomic E-state index is 12.4. The van der Waals surface area contributed by atoms with Crippen LogP contribution >= 0.6 is 0 Å². The highest BCUT2D eigenvalue weighted by molar-refractivity contribution is 5.74. The Morgan fingerprint density at radius 1 is 1.28 bits per heavy atom.